The maximum absolute atomic E-state index is 12.7. The number of piperazine rings is 1. The third-order valence-electron chi connectivity index (χ3n) is 3.84. The number of nitrogens with zero attached hydrogens (tertiary/aromatic N) is 2. The fraction of sp³-hybridized carbons (Fsp3) is 0.533. The number of nitrogens with one attached hydrogen (secondary N) is 1. The molecule has 1 aromatic rings. The Morgan fingerprint density at radius 2 is 2.00 bits per heavy atom. The summed E-state index contributed by atoms with van der Waals surface area (Å²) in [5.41, 5.74) is 0. The molecule has 0 bridgehead atoms. The number of sulfonamides is 1. The largest absolute Gasteiger partial charge is 0.385 e. The van der Waals surface area contributed by atoms with Gasteiger partial charge in [0.25, 0.3) is 0 Å². The summed E-state index contributed by atoms with van der Waals surface area (Å²) in [6.45, 7) is 2.26. The molecule has 0 radical (unpaired) electrons. The first-order chi connectivity index (χ1) is 11.9. The molecule has 1 saturated heterocycles. The summed E-state index contributed by atoms with van der Waals surface area (Å²) in [5, 5.41) is 2.97. The van der Waals surface area contributed by atoms with E-state index >= 15 is 0 Å². The van der Waals surface area contributed by atoms with Gasteiger partial charge in [-0.1, -0.05) is 27.5 Å². The van der Waals surface area contributed by atoms with E-state index in [1.165, 1.54) is 10.4 Å². The fourth-order valence-electron chi connectivity index (χ4n) is 2.48. The summed E-state index contributed by atoms with van der Waals surface area (Å²) < 4.78 is 32.5. The maximum Gasteiger partial charge on any atom is 0.317 e. The Morgan fingerprint density at radius 3 is 2.60 bits per heavy atom. The van der Waals surface area contributed by atoms with Crippen LogP contribution in [-0.2, 0) is 14.8 Å². The highest BCUT2D eigenvalue weighted by Crippen LogP contribution is 2.28. The van der Waals surface area contributed by atoms with Crippen LogP contribution in [0.5, 0.6) is 0 Å². The Morgan fingerprint density at radius 1 is 1.32 bits per heavy atom. The lowest BCUT2D eigenvalue weighted by molar-refractivity contribution is 0.168. The van der Waals surface area contributed by atoms with E-state index in [2.05, 4.69) is 21.2 Å². The van der Waals surface area contributed by atoms with E-state index in [4.69, 9.17) is 16.3 Å². The van der Waals surface area contributed by atoms with E-state index in [1.54, 1.807) is 24.1 Å². The van der Waals surface area contributed by atoms with Crippen molar-refractivity contribution in [2.45, 2.75) is 11.3 Å². The predicted molar refractivity (Wildman–Crippen MR) is 99.4 cm³/mol. The standard InChI is InChI=1S/C15H21BrClN3O4S/c1-24-10-2-5-18-15(21)19-6-8-20(9-7-19)25(22,23)14-4-3-12(16)11-13(14)17/h3-4,11H,2,5-10H2,1H3,(H,18,21). The van der Waals surface area contributed by atoms with Crippen molar-refractivity contribution in [3.8, 4) is 0 Å². The SMILES string of the molecule is COCCCNC(=O)N1CCN(S(=O)(=O)c2ccc(Br)cc2Cl)CC1. The first-order valence-electron chi connectivity index (χ1n) is 7.83. The molecular weight excluding hydrogens is 434 g/mol. The Kier molecular flexibility index (Phi) is 7.51. The van der Waals surface area contributed by atoms with Gasteiger partial charge < -0.3 is 15.0 Å². The van der Waals surface area contributed by atoms with E-state index in [0.29, 0.717) is 30.7 Å². The van der Waals surface area contributed by atoms with Gasteiger partial charge in [0.05, 0.1) is 5.02 Å². The molecule has 1 aliphatic rings. The van der Waals surface area contributed by atoms with E-state index in [1.807, 2.05) is 0 Å². The number of benzene rings is 1. The molecule has 0 saturated carbocycles. The topological polar surface area (TPSA) is 79.0 Å². The van der Waals surface area contributed by atoms with Gasteiger partial charge in [-0.2, -0.15) is 4.31 Å². The number of hydrogen-bond donors (Lipinski definition) is 1. The lowest BCUT2D eigenvalue weighted by Crippen LogP contribution is -2.53. The highest BCUT2D eigenvalue weighted by molar-refractivity contribution is 9.10. The molecule has 0 spiro atoms. The summed E-state index contributed by atoms with van der Waals surface area (Å²) in [6.07, 6.45) is 0.735. The van der Waals surface area contributed by atoms with E-state index in [0.717, 1.165) is 6.42 Å². The molecule has 2 amide bonds. The van der Waals surface area contributed by atoms with Crippen LogP contribution in [0.3, 0.4) is 0 Å². The van der Waals surface area contributed by atoms with Crippen molar-refractivity contribution in [2.75, 3.05) is 46.4 Å². The predicted octanol–water partition coefficient (Wildman–Crippen LogP) is 2.15. The zero-order chi connectivity index (χ0) is 18.4. The average Bonchev–Trinajstić information content (AvgIpc) is 2.58. The van der Waals surface area contributed by atoms with Gasteiger partial charge in [0.1, 0.15) is 4.90 Å². The first kappa shape index (κ1) is 20.4. The summed E-state index contributed by atoms with van der Waals surface area (Å²) >= 11 is 9.34. The number of rotatable bonds is 6. The number of methoxy groups -OCH3 is 1. The molecule has 2 rings (SSSR count). The van der Waals surface area contributed by atoms with Gasteiger partial charge in [0.2, 0.25) is 10.0 Å². The quantitative estimate of drug-likeness (QED) is 0.668. The van der Waals surface area contributed by atoms with Gasteiger partial charge in [-0.3, -0.25) is 0 Å². The summed E-state index contributed by atoms with van der Waals surface area (Å²) in [7, 11) is -2.07. The number of carbonyl (C=O) groups excluding carboxylic acids is 1. The number of carbonyl (C=O) groups is 1. The van der Waals surface area contributed by atoms with Crippen molar-refractivity contribution < 1.29 is 17.9 Å². The monoisotopic (exact) mass is 453 g/mol. The van der Waals surface area contributed by atoms with Crippen LogP contribution < -0.4 is 5.32 Å². The van der Waals surface area contributed by atoms with Crippen LogP contribution >= 0.6 is 27.5 Å². The minimum atomic E-state index is -3.68. The Labute approximate surface area is 161 Å². The smallest absolute Gasteiger partial charge is 0.317 e. The van der Waals surface area contributed by atoms with Crippen LogP contribution in [0.15, 0.2) is 27.6 Å². The molecule has 0 atom stereocenters. The second-order valence-corrected chi connectivity index (χ2v) is 8.77. The van der Waals surface area contributed by atoms with E-state index in [9.17, 15) is 13.2 Å². The van der Waals surface area contributed by atoms with Gasteiger partial charge in [-0.15, -0.1) is 0 Å². The van der Waals surface area contributed by atoms with Crippen LogP contribution in [0.4, 0.5) is 4.79 Å². The summed E-state index contributed by atoms with van der Waals surface area (Å²) in [5.74, 6) is 0. The molecule has 140 valence electrons. The third-order valence-corrected chi connectivity index (χ3v) is 6.71. The minimum Gasteiger partial charge on any atom is -0.385 e. The molecule has 0 aromatic heterocycles. The molecule has 1 fully saturated rings. The van der Waals surface area contributed by atoms with Gasteiger partial charge in [0, 0.05) is 50.9 Å². The van der Waals surface area contributed by atoms with Crippen LogP contribution in [0.25, 0.3) is 0 Å². The molecule has 1 aromatic carbocycles. The highest BCUT2D eigenvalue weighted by Gasteiger charge is 2.31. The lowest BCUT2D eigenvalue weighted by Gasteiger charge is -2.34. The van der Waals surface area contributed by atoms with E-state index in [-0.39, 0.29) is 29.0 Å². The van der Waals surface area contributed by atoms with Gasteiger partial charge in [-0.05, 0) is 24.6 Å². The average molecular weight is 455 g/mol. The maximum atomic E-state index is 12.7. The summed E-state index contributed by atoms with van der Waals surface area (Å²) in [6, 6.07) is 4.49. The highest BCUT2D eigenvalue weighted by atomic mass is 79.9. The molecule has 10 heteroatoms. The van der Waals surface area contributed by atoms with Gasteiger partial charge in [-0.25, -0.2) is 13.2 Å². The number of halogens is 2. The minimum absolute atomic E-state index is 0.0785. The number of urea groups is 1. The van der Waals surface area contributed by atoms with Crippen LogP contribution in [0, 0.1) is 0 Å². The third kappa shape index (κ3) is 5.30. The second kappa shape index (κ2) is 9.18. The Hall–Kier alpha value is -0.870. The van der Waals surface area contributed by atoms with Crippen molar-refractivity contribution in [1.82, 2.24) is 14.5 Å². The van der Waals surface area contributed by atoms with Crippen molar-refractivity contribution in [3.05, 3.63) is 27.7 Å². The molecule has 1 N–H and O–H groups in total. The molecule has 25 heavy (non-hydrogen) atoms. The normalized spacial score (nSPS) is 16.0. The molecular formula is C15H21BrClN3O4S. The summed E-state index contributed by atoms with van der Waals surface area (Å²) in [4.78, 5) is 13.8. The zero-order valence-corrected chi connectivity index (χ0v) is 17.0. The molecule has 1 aliphatic heterocycles. The van der Waals surface area contributed by atoms with Crippen molar-refractivity contribution in [1.29, 1.82) is 0 Å². The van der Waals surface area contributed by atoms with Crippen LogP contribution in [0.2, 0.25) is 5.02 Å². The van der Waals surface area contributed by atoms with Crippen molar-refractivity contribution >= 4 is 43.6 Å². The molecule has 0 unspecified atom stereocenters. The van der Waals surface area contributed by atoms with Gasteiger partial charge >= 0.3 is 6.03 Å². The number of hydrogen-bond acceptors (Lipinski definition) is 4. The Bertz CT molecular complexity index is 709. The molecule has 7 nitrogen and oxygen atoms in total. The molecule has 1 heterocycles. The first-order valence-corrected chi connectivity index (χ1v) is 10.4. The number of amides is 2. The lowest BCUT2D eigenvalue weighted by atomic mass is 10.4. The zero-order valence-electron chi connectivity index (χ0n) is 13.9. The van der Waals surface area contributed by atoms with Crippen LogP contribution in [0.1, 0.15) is 6.42 Å². The van der Waals surface area contributed by atoms with Crippen molar-refractivity contribution in [2.24, 2.45) is 0 Å². The van der Waals surface area contributed by atoms with E-state index < -0.39 is 10.0 Å². The molecule has 0 aliphatic carbocycles. The van der Waals surface area contributed by atoms with Gasteiger partial charge in [0.15, 0.2) is 0 Å². The van der Waals surface area contributed by atoms with Crippen LogP contribution in [-0.4, -0.2) is 70.1 Å². The Balaban J connectivity index is 1.93. The van der Waals surface area contributed by atoms with Crippen molar-refractivity contribution in [3.63, 3.8) is 0 Å². The fourth-order valence-corrected chi connectivity index (χ4v) is 4.91. The second-order valence-electron chi connectivity index (χ2n) is 5.54. The number of ether oxygens (including phenoxy) is 1.